The summed E-state index contributed by atoms with van der Waals surface area (Å²) < 4.78 is 2.77. The lowest BCUT2D eigenvalue weighted by Crippen LogP contribution is -2.28. The number of halogens is 1. The number of nitrogens with zero attached hydrogens (tertiary/aromatic N) is 3. The molecule has 0 atom stereocenters. The van der Waals surface area contributed by atoms with E-state index in [0.29, 0.717) is 5.52 Å². The van der Waals surface area contributed by atoms with Crippen molar-refractivity contribution >= 4 is 37.6 Å². The second-order valence-electron chi connectivity index (χ2n) is 5.09. The summed E-state index contributed by atoms with van der Waals surface area (Å²) in [6, 6.07) is 7.91. The minimum atomic E-state index is 0.00394. The van der Waals surface area contributed by atoms with Gasteiger partial charge in [-0.3, -0.25) is 9.36 Å². The lowest BCUT2D eigenvalue weighted by molar-refractivity contribution is 0.501. The monoisotopic (exact) mass is 361 g/mol. The number of benzene rings is 1. The second kappa shape index (κ2) is 5.03. The summed E-state index contributed by atoms with van der Waals surface area (Å²) in [6.45, 7) is 0.763. The molecule has 4 rings (SSSR count). The van der Waals surface area contributed by atoms with E-state index in [1.54, 1.807) is 4.57 Å². The summed E-state index contributed by atoms with van der Waals surface area (Å²) >= 11 is 5.02. The Bertz CT molecular complexity index is 900. The highest BCUT2D eigenvalue weighted by atomic mass is 79.9. The molecule has 0 fully saturated rings. The largest absolute Gasteiger partial charge is 0.295 e. The molecule has 0 radical (unpaired) electrons. The summed E-state index contributed by atoms with van der Waals surface area (Å²) in [7, 11) is 0. The zero-order valence-corrected chi connectivity index (χ0v) is 13.6. The molecular formula is C15H12BrN3OS. The van der Waals surface area contributed by atoms with Crippen LogP contribution in [0.15, 0.2) is 33.5 Å². The maximum Gasteiger partial charge on any atom is 0.280 e. The van der Waals surface area contributed by atoms with Gasteiger partial charge in [0.15, 0.2) is 10.3 Å². The van der Waals surface area contributed by atoms with E-state index in [1.165, 1.54) is 11.3 Å². The zero-order chi connectivity index (χ0) is 14.4. The lowest BCUT2D eigenvalue weighted by atomic mass is 10.1. The highest BCUT2D eigenvalue weighted by Crippen LogP contribution is 2.33. The Labute approximate surface area is 133 Å². The molecule has 4 nitrogen and oxygen atoms in total. The van der Waals surface area contributed by atoms with Crippen LogP contribution in [-0.2, 0) is 13.0 Å². The van der Waals surface area contributed by atoms with E-state index in [-0.39, 0.29) is 5.56 Å². The number of thiazole rings is 1. The maximum atomic E-state index is 12.6. The molecule has 1 aliphatic rings. The van der Waals surface area contributed by atoms with Crippen LogP contribution in [0, 0.1) is 0 Å². The summed E-state index contributed by atoms with van der Waals surface area (Å²) in [5.41, 5.74) is 1.50. The Hall–Kier alpha value is -1.53. The van der Waals surface area contributed by atoms with Crippen LogP contribution >= 0.6 is 27.3 Å². The number of rotatable bonds is 1. The Morgan fingerprint density at radius 3 is 2.90 bits per heavy atom. The van der Waals surface area contributed by atoms with Crippen molar-refractivity contribution in [1.82, 2.24) is 14.5 Å². The minimum absolute atomic E-state index is 0.00394. The summed E-state index contributed by atoms with van der Waals surface area (Å²) in [6.07, 6.45) is 3.03. The van der Waals surface area contributed by atoms with Gasteiger partial charge in [0.25, 0.3) is 5.56 Å². The summed E-state index contributed by atoms with van der Waals surface area (Å²) in [4.78, 5) is 22.5. The number of aryl methyl sites for hydroxylation is 1. The van der Waals surface area contributed by atoms with E-state index in [4.69, 9.17) is 0 Å². The fraction of sp³-hybridized carbons (Fsp3) is 0.267. The van der Waals surface area contributed by atoms with E-state index in [9.17, 15) is 4.79 Å². The van der Waals surface area contributed by atoms with Gasteiger partial charge in [0.05, 0.1) is 0 Å². The molecular weight excluding hydrogens is 350 g/mol. The van der Waals surface area contributed by atoms with Crippen LogP contribution in [-0.4, -0.2) is 14.5 Å². The van der Waals surface area contributed by atoms with Gasteiger partial charge in [-0.1, -0.05) is 45.5 Å². The quantitative estimate of drug-likeness (QED) is 0.664. The van der Waals surface area contributed by atoms with Gasteiger partial charge in [-0.05, 0) is 18.9 Å². The van der Waals surface area contributed by atoms with Crippen molar-refractivity contribution in [3.63, 3.8) is 0 Å². The Balaban J connectivity index is 1.97. The molecule has 1 aliphatic heterocycles. The number of aromatic nitrogens is 3. The van der Waals surface area contributed by atoms with Crippen LogP contribution in [0.25, 0.3) is 20.9 Å². The second-order valence-corrected chi connectivity index (χ2v) is 6.93. The standard InChI is InChI=1S/C15H12BrN3OS/c16-10-6-2-1-5-9(10)13-18-12-14(21-13)17-11-7-3-4-8-19(11)15(12)20/h1-2,5-6H,3-4,7-8H2. The maximum absolute atomic E-state index is 12.6. The molecule has 0 spiro atoms. The first-order chi connectivity index (χ1) is 10.2. The fourth-order valence-corrected chi connectivity index (χ4v) is 4.27. The summed E-state index contributed by atoms with van der Waals surface area (Å²) in [5.74, 6) is 0.904. The van der Waals surface area contributed by atoms with Crippen LogP contribution in [0.4, 0.5) is 0 Å². The van der Waals surface area contributed by atoms with Gasteiger partial charge in [0, 0.05) is 23.0 Å². The first-order valence-corrected chi connectivity index (χ1v) is 8.50. The molecule has 0 aliphatic carbocycles. The number of fused-ring (bicyclic) bond motifs is 2. The van der Waals surface area contributed by atoms with Crippen molar-refractivity contribution in [2.24, 2.45) is 0 Å². The molecule has 0 amide bonds. The van der Waals surface area contributed by atoms with E-state index >= 15 is 0 Å². The molecule has 0 bridgehead atoms. The predicted molar refractivity (Wildman–Crippen MR) is 87.7 cm³/mol. The lowest BCUT2D eigenvalue weighted by Gasteiger charge is -2.16. The van der Waals surface area contributed by atoms with Crippen LogP contribution in [0.1, 0.15) is 18.7 Å². The minimum Gasteiger partial charge on any atom is -0.295 e. The third-order valence-electron chi connectivity index (χ3n) is 3.74. The first-order valence-electron chi connectivity index (χ1n) is 6.89. The van der Waals surface area contributed by atoms with E-state index in [1.807, 2.05) is 24.3 Å². The van der Waals surface area contributed by atoms with Crippen molar-refractivity contribution in [2.75, 3.05) is 0 Å². The normalized spacial score (nSPS) is 14.3. The molecule has 1 aromatic carbocycles. The van der Waals surface area contributed by atoms with Gasteiger partial charge in [0.1, 0.15) is 10.8 Å². The van der Waals surface area contributed by atoms with Crippen molar-refractivity contribution in [3.05, 3.63) is 44.9 Å². The topological polar surface area (TPSA) is 47.8 Å². The van der Waals surface area contributed by atoms with Crippen molar-refractivity contribution in [1.29, 1.82) is 0 Å². The van der Waals surface area contributed by atoms with Gasteiger partial charge >= 0.3 is 0 Å². The molecule has 3 heterocycles. The zero-order valence-electron chi connectivity index (χ0n) is 11.2. The number of hydrogen-bond donors (Lipinski definition) is 0. The molecule has 0 saturated carbocycles. The molecule has 3 aromatic rings. The molecule has 0 saturated heterocycles. The van der Waals surface area contributed by atoms with Gasteiger partial charge in [-0.2, -0.15) is 0 Å². The number of hydrogen-bond acceptors (Lipinski definition) is 4. The van der Waals surface area contributed by atoms with Gasteiger partial charge in [0.2, 0.25) is 0 Å². The van der Waals surface area contributed by atoms with Gasteiger partial charge in [-0.15, -0.1) is 0 Å². The Morgan fingerprint density at radius 2 is 2.05 bits per heavy atom. The highest BCUT2D eigenvalue weighted by Gasteiger charge is 2.18. The molecule has 106 valence electrons. The van der Waals surface area contributed by atoms with Crippen LogP contribution in [0.3, 0.4) is 0 Å². The third kappa shape index (κ3) is 2.13. The van der Waals surface area contributed by atoms with Crippen molar-refractivity contribution in [3.8, 4) is 10.6 Å². The molecule has 2 aromatic heterocycles. The molecule has 6 heteroatoms. The smallest absolute Gasteiger partial charge is 0.280 e. The van der Waals surface area contributed by atoms with Gasteiger partial charge < -0.3 is 0 Å². The Kier molecular flexibility index (Phi) is 3.15. The van der Waals surface area contributed by atoms with Crippen LogP contribution < -0.4 is 5.56 Å². The summed E-state index contributed by atoms with van der Waals surface area (Å²) in [5, 5.41) is 0.838. The average molecular weight is 362 g/mol. The average Bonchev–Trinajstić information content (AvgIpc) is 2.92. The fourth-order valence-electron chi connectivity index (χ4n) is 2.67. The van der Waals surface area contributed by atoms with Crippen molar-refractivity contribution < 1.29 is 0 Å². The first kappa shape index (κ1) is 13.2. The van der Waals surface area contributed by atoms with E-state index in [2.05, 4.69) is 25.9 Å². The highest BCUT2D eigenvalue weighted by molar-refractivity contribution is 9.10. The van der Waals surface area contributed by atoms with Gasteiger partial charge in [-0.25, -0.2) is 9.97 Å². The van der Waals surface area contributed by atoms with Crippen molar-refractivity contribution in [2.45, 2.75) is 25.8 Å². The van der Waals surface area contributed by atoms with E-state index < -0.39 is 0 Å². The third-order valence-corrected chi connectivity index (χ3v) is 5.41. The molecule has 21 heavy (non-hydrogen) atoms. The SMILES string of the molecule is O=c1c2nc(-c3ccccc3Br)sc2nc2n1CCCC2. The van der Waals surface area contributed by atoms with Crippen LogP contribution in [0.5, 0.6) is 0 Å². The molecule has 0 unspecified atom stereocenters. The van der Waals surface area contributed by atoms with Crippen LogP contribution in [0.2, 0.25) is 0 Å². The predicted octanol–water partition coefficient (Wildman–Crippen LogP) is 3.62. The Morgan fingerprint density at radius 1 is 1.19 bits per heavy atom. The van der Waals surface area contributed by atoms with E-state index in [0.717, 1.165) is 51.5 Å². The molecule has 0 N–H and O–H groups in total.